The summed E-state index contributed by atoms with van der Waals surface area (Å²) >= 11 is 0. The Morgan fingerprint density at radius 3 is 2.50 bits per heavy atom. The van der Waals surface area contributed by atoms with Gasteiger partial charge >= 0.3 is 0 Å². The van der Waals surface area contributed by atoms with Crippen LogP contribution in [0.25, 0.3) is 11.0 Å². The molecule has 0 aliphatic rings. The summed E-state index contributed by atoms with van der Waals surface area (Å²) in [6, 6.07) is 11.5. The molecule has 0 bridgehead atoms. The summed E-state index contributed by atoms with van der Waals surface area (Å²) in [5.74, 6) is 0.429. The Kier molecular flexibility index (Phi) is 5.07. The van der Waals surface area contributed by atoms with E-state index in [1.807, 2.05) is 0 Å². The second kappa shape index (κ2) is 7.44. The van der Waals surface area contributed by atoms with Gasteiger partial charge in [-0.15, -0.1) is 0 Å². The minimum absolute atomic E-state index is 0.109. The normalized spacial score (nSPS) is 10.8. The third-order valence-corrected chi connectivity index (χ3v) is 4.20. The van der Waals surface area contributed by atoms with Crippen molar-refractivity contribution >= 4 is 28.3 Å². The van der Waals surface area contributed by atoms with Crippen molar-refractivity contribution in [3.63, 3.8) is 0 Å². The van der Waals surface area contributed by atoms with Crippen molar-refractivity contribution < 1.29 is 19.1 Å². The summed E-state index contributed by atoms with van der Waals surface area (Å²) in [6.07, 6.45) is 2.56. The van der Waals surface area contributed by atoms with E-state index in [0.717, 1.165) is 12.8 Å². The first-order chi connectivity index (χ1) is 12.5. The lowest BCUT2D eigenvalue weighted by molar-refractivity contribution is -0.114. The number of unbranched alkanes of at least 4 members (excludes halogenated alkanes) is 1. The van der Waals surface area contributed by atoms with Gasteiger partial charge in [-0.2, -0.15) is 0 Å². The smallest absolute Gasteiger partial charge is 0.221 e. The number of carbonyl (C=O) groups is 2. The van der Waals surface area contributed by atoms with Gasteiger partial charge in [-0.25, -0.2) is 0 Å². The Bertz CT molecular complexity index is 954. The summed E-state index contributed by atoms with van der Waals surface area (Å²) in [6.45, 7) is 3.52. The van der Waals surface area contributed by atoms with Crippen molar-refractivity contribution in [3.8, 4) is 5.75 Å². The highest BCUT2D eigenvalue weighted by Crippen LogP contribution is 2.32. The van der Waals surface area contributed by atoms with Gasteiger partial charge in [-0.1, -0.05) is 13.3 Å². The summed E-state index contributed by atoms with van der Waals surface area (Å²) < 4.78 is 5.94. The highest BCUT2D eigenvalue weighted by atomic mass is 16.3. The molecule has 1 heterocycles. The molecule has 2 N–H and O–H groups in total. The molecule has 0 fully saturated rings. The number of hydrogen-bond donors (Lipinski definition) is 2. The molecule has 3 aromatic rings. The number of rotatable bonds is 6. The van der Waals surface area contributed by atoms with E-state index < -0.39 is 0 Å². The van der Waals surface area contributed by atoms with Crippen LogP contribution in [0.2, 0.25) is 0 Å². The molecule has 0 saturated heterocycles. The van der Waals surface area contributed by atoms with Gasteiger partial charge in [0.05, 0.1) is 5.56 Å². The van der Waals surface area contributed by atoms with Gasteiger partial charge in [0.15, 0.2) is 5.78 Å². The molecule has 0 spiro atoms. The third-order valence-electron chi connectivity index (χ3n) is 4.20. The topological polar surface area (TPSA) is 79.5 Å². The zero-order chi connectivity index (χ0) is 18.7. The number of fused-ring (bicyclic) bond motifs is 1. The molecule has 0 atom stereocenters. The number of furan rings is 1. The Morgan fingerprint density at radius 1 is 1.12 bits per heavy atom. The predicted octanol–water partition coefficient (Wildman–Crippen LogP) is 4.67. The van der Waals surface area contributed by atoms with Crippen molar-refractivity contribution in [2.24, 2.45) is 0 Å². The Morgan fingerprint density at radius 2 is 1.85 bits per heavy atom. The molecule has 1 aromatic heterocycles. The molecule has 0 aliphatic carbocycles. The first-order valence-electron chi connectivity index (χ1n) is 8.66. The first kappa shape index (κ1) is 17.7. The molecule has 5 heteroatoms. The number of phenolic OH excluding ortho intramolecular Hbond substituents is 1. The van der Waals surface area contributed by atoms with Gasteiger partial charge in [0, 0.05) is 30.0 Å². The lowest BCUT2D eigenvalue weighted by atomic mass is 9.98. The van der Waals surface area contributed by atoms with Crippen molar-refractivity contribution in [1.29, 1.82) is 0 Å². The molecule has 0 saturated carbocycles. The number of carbonyl (C=O) groups excluding carboxylic acids is 2. The number of benzene rings is 2. The van der Waals surface area contributed by atoms with Crippen LogP contribution in [0, 0.1) is 0 Å². The number of ketones is 1. The molecule has 5 nitrogen and oxygen atoms in total. The minimum Gasteiger partial charge on any atom is -0.508 e. The number of hydrogen-bond acceptors (Lipinski definition) is 4. The fourth-order valence-corrected chi connectivity index (χ4v) is 2.95. The van der Waals surface area contributed by atoms with E-state index in [1.165, 1.54) is 19.1 Å². The average Bonchev–Trinajstić information content (AvgIpc) is 2.97. The maximum Gasteiger partial charge on any atom is 0.221 e. The number of phenols is 1. The van der Waals surface area contributed by atoms with Crippen molar-refractivity contribution in [2.45, 2.75) is 33.1 Å². The van der Waals surface area contributed by atoms with Crippen molar-refractivity contribution in [3.05, 3.63) is 59.4 Å². The quantitative estimate of drug-likeness (QED) is 0.633. The summed E-state index contributed by atoms with van der Waals surface area (Å²) in [5.41, 5.74) is 2.24. The van der Waals surface area contributed by atoms with Crippen LogP contribution < -0.4 is 5.32 Å². The van der Waals surface area contributed by atoms with E-state index >= 15 is 0 Å². The fourth-order valence-electron chi connectivity index (χ4n) is 2.95. The molecule has 3 rings (SSSR count). The second-order valence-electron chi connectivity index (χ2n) is 6.27. The van der Waals surface area contributed by atoms with Crippen LogP contribution in [-0.2, 0) is 11.2 Å². The van der Waals surface area contributed by atoms with E-state index in [1.54, 1.807) is 30.3 Å². The molecule has 2 aromatic carbocycles. The highest BCUT2D eigenvalue weighted by Gasteiger charge is 2.22. The monoisotopic (exact) mass is 351 g/mol. The van der Waals surface area contributed by atoms with Crippen LogP contribution in [0.1, 0.15) is 48.4 Å². The Hall–Kier alpha value is -3.08. The zero-order valence-electron chi connectivity index (χ0n) is 14.8. The molecule has 26 heavy (non-hydrogen) atoms. The standard InChI is InChI=1S/C21H21NO4/c1-3-4-5-19-20(21(25)14-6-9-16(24)10-7-14)17-12-15(22-13(2)23)8-11-18(17)26-19/h6-12,24H,3-5H2,1-2H3,(H,22,23). The van der Waals surface area contributed by atoms with Gasteiger partial charge in [-0.3, -0.25) is 9.59 Å². The number of aryl methyl sites for hydroxylation is 1. The van der Waals surface area contributed by atoms with Crippen LogP contribution >= 0.6 is 0 Å². The predicted molar refractivity (Wildman–Crippen MR) is 101 cm³/mol. The van der Waals surface area contributed by atoms with Crippen molar-refractivity contribution in [2.75, 3.05) is 5.32 Å². The van der Waals surface area contributed by atoms with E-state index in [4.69, 9.17) is 4.42 Å². The van der Waals surface area contributed by atoms with Gasteiger partial charge in [0.25, 0.3) is 0 Å². The molecule has 1 amide bonds. The minimum atomic E-state index is -0.175. The Labute approximate surface area is 151 Å². The number of aromatic hydroxyl groups is 1. The van der Waals surface area contributed by atoms with E-state index in [2.05, 4.69) is 12.2 Å². The van der Waals surface area contributed by atoms with Gasteiger partial charge < -0.3 is 14.8 Å². The van der Waals surface area contributed by atoms with E-state index in [-0.39, 0.29) is 17.4 Å². The molecular formula is C21H21NO4. The van der Waals surface area contributed by atoms with E-state index in [0.29, 0.717) is 40.0 Å². The van der Waals surface area contributed by atoms with Crippen LogP contribution in [0.3, 0.4) is 0 Å². The maximum atomic E-state index is 13.1. The molecule has 0 unspecified atom stereocenters. The lowest BCUT2D eigenvalue weighted by Crippen LogP contribution is -2.06. The second-order valence-corrected chi connectivity index (χ2v) is 6.27. The SMILES string of the molecule is CCCCc1oc2ccc(NC(C)=O)cc2c1C(=O)c1ccc(O)cc1. The van der Waals surface area contributed by atoms with E-state index in [9.17, 15) is 14.7 Å². The molecule has 0 radical (unpaired) electrons. The van der Waals surface area contributed by atoms with Gasteiger partial charge in [-0.05, 0) is 48.9 Å². The number of nitrogens with one attached hydrogen (secondary N) is 1. The van der Waals surface area contributed by atoms with Crippen LogP contribution in [-0.4, -0.2) is 16.8 Å². The first-order valence-corrected chi connectivity index (χ1v) is 8.66. The third kappa shape index (κ3) is 3.61. The Balaban J connectivity index is 2.13. The molecule has 0 aliphatic heterocycles. The lowest BCUT2D eigenvalue weighted by Gasteiger charge is -2.05. The van der Waals surface area contributed by atoms with Crippen LogP contribution in [0.4, 0.5) is 5.69 Å². The largest absolute Gasteiger partial charge is 0.508 e. The summed E-state index contributed by atoms with van der Waals surface area (Å²) in [7, 11) is 0. The summed E-state index contributed by atoms with van der Waals surface area (Å²) in [4.78, 5) is 24.5. The molecule has 134 valence electrons. The van der Waals surface area contributed by atoms with Crippen molar-refractivity contribution in [1.82, 2.24) is 0 Å². The highest BCUT2D eigenvalue weighted by molar-refractivity contribution is 6.17. The van der Waals surface area contributed by atoms with Gasteiger partial charge in [0.2, 0.25) is 5.91 Å². The number of anilines is 1. The summed E-state index contributed by atoms with van der Waals surface area (Å²) in [5, 5.41) is 12.9. The van der Waals surface area contributed by atoms with Gasteiger partial charge in [0.1, 0.15) is 17.1 Å². The van der Waals surface area contributed by atoms with Crippen LogP contribution in [0.15, 0.2) is 46.9 Å². The fraction of sp³-hybridized carbons (Fsp3) is 0.238. The average molecular weight is 351 g/mol. The van der Waals surface area contributed by atoms with Crippen LogP contribution in [0.5, 0.6) is 5.75 Å². The molecular weight excluding hydrogens is 330 g/mol. The number of amides is 1. The zero-order valence-corrected chi connectivity index (χ0v) is 14.8. The maximum absolute atomic E-state index is 13.1.